The second-order valence-corrected chi connectivity index (χ2v) is 8.92. The molecule has 3 aromatic heterocycles. The van der Waals surface area contributed by atoms with Crippen LogP contribution in [0.5, 0.6) is 0 Å². The van der Waals surface area contributed by atoms with E-state index in [1.165, 1.54) is 6.07 Å². The van der Waals surface area contributed by atoms with Gasteiger partial charge >= 0.3 is 6.18 Å². The number of pyridine rings is 1. The van der Waals surface area contributed by atoms with Crippen LogP contribution in [-0.4, -0.2) is 55.3 Å². The summed E-state index contributed by atoms with van der Waals surface area (Å²) < 4.78 is 40.5. The first kappa shape index (κ1) is 23.1. The molecule has 0 radical (unpaired) electrons. The van der Waals surface area contributed by atoms with Crippen LogP contribution in [0, 0.1) is 6.92 Å². The van der Waals surface area contributed by atoms with E-state index in [4.69, 9.17) is 0 Å². The van der Waals surface area contributed by atoms with Crippen LogP contribution < -0.4 is 4.90 Å². The minimum atomic E-state index is -4.38. The van der Waals surface area contributed by atoms with Crippen molar-refractivity contribution in [3.05, 3.63) is 78.1 Å². The Hall–Kier alpha value is -3.66. The highest BCUT2D eigenvalue weighted by molar-refractivity contribution is 5.64. The van der Waals surface area contributed by atoms with Gasteiger partial charge in [-0.3, -0.25) is 10.00 Å². The lowest BCUT2D eigenvalue weighted by Crippen LogP contribution is -2.51. The Kier molecular flexibility index (Phi) is 6.06. The lowest BCUT2D eigenvalue weighted by molar-refractivity contribution is -0.137. The topological polar surface area (TPSA) is 65.9 Å². The van der Waals surface area contributed by atoms with Crippen molar-refractivity contribution >= 4 is 5.82 Å². The lowest BCUT2D eigenvalue weighted by atomic mass is 10.1. The number of nitrogens with zero attached hydrogens (tertiary/aromatic N) is 6. The Labute approximate surface area is 201 Å². The number of halogens is 3. The minimum Gasteiger partial charge on any atom is -0.351 e. The number of alkyl halides is 3. The Balaban J connectivity index is 1.24. The first-order valence-electron chi connectivity index (χ1n) is 11.4. The first-order valence-corrected chi connectivity index (χ1v) is 11.4. The molecule has 1 unspecified atom stereocenters. The molecule has 4 aromatic rings. The fourth-order valence-corrected chi connectivity index (χ4v) is 4.53. The molecule has 0 amide bonds. The number of nitrogens with one attached hydrogen (secondary N) is 1. The first-order chi connectivity index (χ1) is 16.8. The Bertz CT molecular complexity index is 1280. The molecule has 1 aromatic carbocycles. The molecule has 1 saturated heterocycles. The fraction of sp³-hybridized carbons (Fsp3) is 0.320. The highest BCUT2D eigenvalue weighted by Crippen LogP contribution is 2.30. The number of H-pyrrole nitrogens is 1. The normalized spacial score (nSPS) is 17.2. The third kappa shape index (κ3) is 4.93. The predicted octanol–water partition coefficient (Wildman–Crippen LogP) is 4.70. The third-order valence-electron chi connectivity index (χ3n) is 6.36. The Morgan fingerprint density at radius 2 is 1.83 bits per heavy atom. The van der Waals surface area contributed by atoms with Crippen LogP contribution in [0.2, 0.25) is 0 Å². The van der Waals surface area contributed by atoms with Gasteiger partial charge in [0.05, 0.1) is 29.5 Å². The second-order valence-electron chi connectivity index (χ2n) is 8.92. The van der Waals surface area contributed by atoms with Crippen molar-refractivity contribution in [2.45, 2.75) is 32.6 Å². The smallest absolute Gasteiger partial charge is 0.351 e. The van der Waals surface area contributed by atoms with Crippen LogP contribution in [-0.2, 0) is 12.7 Å². The number of rotatable bonds is 5. The van der Waals surface area contributed by atoms with Gasteiger partial charge in [-0.15, -0.1) is 0 Å². The monoisotopic (exact) mass is 481 g/mol. The van der Waals surface area contributed by atoms with E-state index >= 15 is 0 Å². The van der Waals surface area contributed by atoms with Crippen molar-refractivity contribution in [2.24, 2.45) is 0 Å². The van der Waals surface area contributed by atoms with Gasteiger partial charge in [-0.05, 0) is 38.1 Å². The van der Waals surface area contributed by atoms with Gasteiger partial charge in [0.15, 0.2) is 0 Å². The number of hydrogen-bond donors (Lipinski definition) is 1. The van der Waals surface area contributed by atoms with Gasteiger partial charge in [-0.1, -0.05) is 12.1 Å². The van der Waals surface area contributed by atoms with E-state index in [2.05, 4.69) is 61.2 Å². The molecule has 7 nitrogen and oxygen atoms in total. The van der Waals surface area contributed by atoms with Crippen molar-refractivity contribution < 1.29 is 13.2 Å². The Morgan fingerprint density at radius 3 is 2.46 bits per heavy atom. The summed E-state index contributed by atoms with van der Waals surface area (Å²) in [6.07, 6.45) is 2.17. The van der Waals surface area contributed by atoms with Crippen LogP contribution in [0.15, 0.2) is 61.3 Å². The van der Waals surface area contributed by atoms with E-state index in [9.17, 15) is 13.2 Å². The molecule has 0 saturated carbocycles. The summed E-state index contributed by atoms with van der Waals surface area (Å²) in [6.45, 7) is 6.99. The van der Waals surface area contributed by atoms with E-state index in [1.54, 1.807) is 6.33 Å². The summed E-state index contributed by atoms with van der Waals surface area (Å²) in [6, 6.07) is 10.9. The van der Waals surface area contributed by atoms with Crippen LogP contribution in [0.1, 0.15) is 23.7 Å². The molecule has 1 aliphatic rings. The lowest BCUT2D eigenvalue weighted by Gasteiger charge is -2.40. The molecule has 10 heteroatoms. The van der Waals surface area contributed by atoms with Gasteiger partial charge in [0, 0.05) is 61.4 Å². The SMILES string of the molecule is Cc1cn(-c2ccc(-c3[nH]ncc3CN3CCN(c4ccc(C(F)(F)F)cn4)C(C)C3)cc2)cn1. The summed E-state index contributed by atoms with van der Waals surface area (Å²) in [4.78, 5) is 12.7. The molecule has 1 N–H and O–H groups in total. The highest BCUT2D eigenvalue weighted by Gasteiger charge is 2.32. The van der Waals surface area contributed by atoms with Crippen molar-refractivity contribution in [3.8, 4) is 16.9 Å². The maximum absolute atomic E-state index is 12.9. The van der Waals surface area contributed by atoms with Crippen LogP contribution >= 0.6 is 0 Å². The van der Waals surface area contributed by atoms with E-state index in [-0.39, 0.29) is 6.04 Å². The number of aryl methyl sites for hydroxylation is 1. The zero-order valence-electron chi connectivity index (χ0n) is 19.5. The van der Waals surface area contributed by atoms with Crippen LogP contribution in [0.3, 0.4) is 0 Å². The molecule has 4 heterocycles. The minimum absolute atomic E-state index is 0.112. The molecule has 35 heavy (non-hydrogen) atoms. The number of piperazine rings is 1. The van der Waals surface area contributed by atoms with Gasteiger partial charge in [0.25, 0.3) is 0 Å². The average Bonchev–Trinajstić information content (AvgIpc) is 3.48. The highest BCUT2D eigenvalue weighted by atomic mass is 19.4. The average molecular weight is 482 g/mol. The number of aromatic nitrogens is 5. The number of hydrogen-bond acceptors (Lipinski definition) is 5. The van der Waals surface area contributed by atoms with E-state index < -0.39 is 11.7 Å². The van der Waals surface area contributed by atoms with Crippen molar-refractivity contribution in [2.75, 3.05) is 24.5 Å². The zero-order chi connectivity index (χ0) is 24.6. The summed E-state index contributed by atoms with van der Waals surface area (Å²) in [5.41, 5.74) is 4.42. The number of aromatic amines is 1. The molecular formula is C25H26F3N7. The zero-order valence-corrected chi connectivity index (χ0v) is 19.5. The van der Waals surface area contributed by atoms with Gasteiger partial charge in [0.2, 0.25) is 0 Å². The molecular weight excluding hydrogens is 455 g/mol. The van der Waals surface area contributed by atoms with Gasteiger partial charge < -0.3 is 9.47 Å². The molecule has 0 spiro atoms. The molecule has 0 bridgehead atoms. The number of benzene rings is 1. The van der Waals surface area contributed by atoms with Gasteiger partial charge in [0.1, 0.15) is 5.82 Å². The maximum atomic E-state index is 12.9. The van der Waals surface area contributed by atoms with E-state index in [0.29, 0.717) is 12.4 Å². The number of imidazole rings is 1. The largest absolute Gasteiger partial charge is 0.417 e. The Morgan fingerprint density at radius 1 is 1.03 bits per heavy atom. The van der Waals surface area contributed by atoms with Gasteiger partial charge in [-0.2, -0.15) is 18.3 Å². The van der Waals surface area contributed by atoms with Crippen molar-refractivity contribution in [1.29, 1.82) is 0 Å². The second kappa shape index (κ2) is 9.18. The van der Waals surface area contributed by atoms with E-state index in [0.717, 1.165) is 60.1 Å². The quantitative estimate of drug-likeness (QED) is 0.448. The summed E-state index contributed by atoms with van der Waals surface area (Å²) >= 11 is 0. The molecule has 1 aliphatic heterocycles. The van der Waals surface area contributed by atoms with Crippen LogP contribution in [0.25, 0.3) is 16.9 Å². The summed E-state index contributed by atoms with van der Waals surface area (Å²) in [5.74, 6) is 0.572. The standard InChI is InChI=1S/C25H26F3N7/c1-17-13-34(16-30-17)22-6-3-19(4-7-22)24-20(11-31-32-24)15-33-9-10-35(18(2)14-33)23-8-5-21(12-29-23)25(26,27)28/h3-8,11-13,16,18H,9-10,14-15H2,1-2H3,(H,31,32). The van der Waals surface area contributed by atoms with Crippen molar-refractivity contribution in [3.63, 3.8) is 0 Å². The van der Waals surface area contributed by atoms with Crippen molar-refractivity contribution in [1.82, 2.24) is 29.6 Å². The van der Waals surface area contributed by atoms with Crippen LogP contribution in [0.4, 0.5) is 19.0 Å². The summed E-state index contributed by atoms with van der Waals surface area (Å²) in [5, 5.41) is 7.41. The fourth-order valence-electron chi connectivity index (χ4n) is 4.53. The molecule has 1 fully saturated rings. The maximum Gasteiger partial charge on any atom is 0.417 e. The molecule has 0 aliphatic carbocycles. The summed E-state index contributed by atoms with van der Waals surface area (Å²) in [7, 11) is 0. The van der Waals surface area contributed by atoms with E-state index in [1.807, 2.05) is 23.9 Å². The molecule has 5 rings (SSSR count). The van der Waals surface area contributed by atoms with Gasteiger partial charge in [-0.25, -0.2) is 9.97 Å². The third-order valence-corrected chi connectivity index (χ3v) is 6.36. The number of anilines is 1. The predicted molar refractivity (Wildman–Crippen MR) is 127 cm³/mol. The molecule has 182 valence electrons. The molecule has 1 atom stereocenters.